The van der Waals surface area contributed by atoms with Crippen LogP contribution in [0.25, 0.3) is 0 Å². The van der Waals surface area contributed by atoms with Crippen LogP contribution in [0.1, 0.15) is 146 Å². The highest BCUT2D eigenvalue weighted by Gasteiger charge is 2.62. The normalized spacial score (nSPS) is 31.3. The number of aliphatic hydroxyl groups excluding tert-OH is 1. The fourth-order valence-corrected chi connectivity index (χ4v) is 18.3. The molecule has 0 spiro atoms. The van der Waals surface area contributed by atoms with Gasteiger partial charge >= 0.3 is 11.9 Å². The third-order valence-electron chi connectivity index (χ3n) is 16.7. The zero-order valence-electron chi connectivity index (χ0n) is 37.3. The minimum atomic E-state index is -2.87. The van der Waals surface area contributed by atoms with Gasteiger partial charge in [-0.1, -0.05) is 109 Å². The Morgan fingerprint density at radius 1 is 0.793 bits per heavy atom. The zero-order valence-corrected chi connectivity index (χ0v) is 38.3. The lowest BCUT2D eigenvalue weighted by Gasteiger charge is -2.62. The minimum Gasteiger partial charge on any atom is -0.481 e. The van der Waals surface area contributed by atoms with Gasteiger partial charge in [-0.25, -0.2) is 0 Å². The van der Waals surface area contributed by atoms with Crippen LogP contribution in [0.4, 0.5) is 0 Å². The molecule has 5 unspecified atom stereocenters. The third kappa shape index (κ3) is 8.29. The molecule has 4 fully saturated rings. The Morgan fingerprint density at radius 2 is 1.36 bits per heavy atom. The molecule has 58 heavy (non-hydrogen) atoms. The Balaban J connectivity index is 1.11. The van der Waals surface area contributed by atoms with E-state index in [-0.39, 0.29) is 45.9 Å². The van der Waals surface area contributed by atoms with Crippen molar-refractivity contribution in [2.45, 2.75) is 170 Å². The minimum absolute atomic E-state index is 0.0826. The highest BCUT2D eigenvalue weighted by Crippen LogP contribution is 2.70. The lowest BCUT2D eigenvalue weighted by molar-refractivity contribution is -0.176. The second kappa shape index (κ2) is 16.6. The molecule has 0 aromatic heterocycles. The SMILES string of the molecule is C[C@@H](O[Si](c1ccccc1)(c1ccccc1)C(C)(C)C)C(C)(C)C(=O)OC1CC[C@@]2(C)C(CCC3C2CC[C@@]2(C)C3CC[C@@H]2C(C)(C)C[C@@H](O)CC(=O)CC(=O)O)C1. The maximum Gasteiger partial charge on any atom is 0.314 e. The van der Waals surface area contributed by atoms with E-state index < -0.39 is 38.0 Å². The molecule has 0 amide bonds. The van der Waals surface area contributed by atoms with Crippen molar-refractivity contribution in [3.05, 3.63) is 60.7 Å². The Bertz CT molecular complexity index is 1730. The number of aliphatic hydroxyl groups is 1. The van der Waals surface area contributed by atoms with E-state index in [2.05, 4.69) is 116 Å². The van der Waals surface area contributed by atoms with Crippen molar-refractivity contribution in [1.82, 2.24) is 0 Å². The average Bonchev–Trinajstić information content (AvgIpc) is 3.51. The Kier molecular flexibility index (Phi) is 12.8. The van der Waals surface area contributed by atoms with Gasteiger partial charge < -0.3 is 19.4 Å². The molecular formula is C50H74O7Si. The quantitative estimate of drug-likeness (QED) is 0.111. The number of carbonyl (C=O) groups is 3. The van der Waals surface area contributed by atoms with Crippen LogP contribution in [-0.2, 0) is 23.5 Å². The summed E-state index contributed by atoms with van der Waals surface area (Å²) in [4.78, 5) is 37.6. The third-order valence-corrected chi connectivity index (χ3v) is 21.8. The number of ether oxygens (including phenoxy) is 1. The van der Waals surface area contributed by atoms with Crippen LogP contribution in [0.3, 0.4) is 0 Å². The number of rotatable bonds is 14. The molecule has 2 aromatic rings. The van der Waals surface area contributed by atoms with Gasteiger partial charge in [0.1, 0.15) is 18.3 Å². The molecule has 0 radical (unpaired) electrons. The molecule has 8 heteroatoms. The molecule has 4 aliphatic carbocycles. The van der Waals surface area contributed by atoms with E-state index in [0.717, 1.165) is 25.7 Å². The molecule has 0 saturated heterocycles. The molecule has 4 saturated carbocycles. The number of benzene rings is 2. The van der Waals surface area contributed by atoms with Crippen LogP contribution in [0.15, 0.2) is 60.7 Å². The number of hydrogen-bond acceptors (Lipinski definition) is 6. The van der Waals surface area contributed by atoms with Gasteiger partial charge in [0, 0.05) is 6.42 Å². The second-order valence-corrected chi connectivity index (χ2v) is 26.2. The molecule has 2 aromatic carbocycles. The maximum absolute atomic E-state index is 14.3. The first-order chi connectivity index (χ1) is 27.1. The number of carbonyl (C=O) groups excluding carboxylic acids is 2. The van der Waals surface area contributed by atoms with Gasteiger partial charge in [-0.05, 0) is 146 Å². The first-order valence-electron chi connectivity index (χ1n) is 22.5. The van der Waals surface area contributed by atoms with Crippen LogP contribution in [0.5, 0.6) is 0 Å². The van der Waals surface area contributed by atoms with Crippen LogP contribution < -0.4 is 10.4 Å². The molecular weight excluding hydrogens is 741 g/mol. The first-order valence-corrected chi connectivity index (χ1v) is 24.4. The molecule has 10 atom stereocenters. The van der Waals surface area contributed by atoms with E-state index in [9.17, 15) is 19.5 Å². The van der Waals surface area contributed by atoms with Gasteiger partial charge in [0.25, 0.3) is 8.32 Å². The second-order valence-electron chi connectivity index (χ2n) is 21.9. The standard InChI is InChI=1S/C50H74O7Si/c1-33(57-58(46(2,3)4,38-17-13-11-14-18-38)39-19-15-12-16-20-39)48(7,8)45(55)56-37-25-27-49(9)34(29-37)21-22-40-41-23-24-43(50(41,10)28-26-42(40)49)47(5,6)32-36(52)30-35(51)31-44(53)54/h11-20,33-34,36-37,40-43,52H,21-32H2,1-10H3,(H,53,54)/t33-,34?,36+,37?,40?,41?,42?,43-,49+,50+/m1/s1. The fourth-order valence-electron chi connectivity index (χ4n) is 13.5. The highest BCUT2D eigenvalue weighted by molar-refractivity contribution is 6.99. The maximum atomic E-state index is 14.3. The summed E-state index contributed by atoms with van der Waals surface area (Å²) < 4.78 is 14.0. The molecule has 6 rings (SSSR count). The van der Waals surface area contributed by atoms with E-state index in [1.54, 1.807) is 0 Å². The predicted octanol–water partition coefficient (Wildman–Crippen LogP) is 9.76. The van der Waals surface area contributed by atoms with Crippen molar-refractivity contribution in [3.8, 4) is 0 Å². The summed E-state index contributed by atoms with van der Waals surface area (Å²) in [5.41, 5.74) is -0.588. The van der Waals surface area contributed by atoms with Gasteiger partial charge in [-0.2, -0.15) is 0 Å². The van der Waals surface area contributed by atoms with Gasteiger partial charge in [0.15, 0.2) is 0 Å². The van der Waals surface area contributed by atoms with E-state index in [0.29, 0.717) is 36.0 Å². The van der Waals surface area contributed by atoms with E-state index in [1.807, 2.05) is 13.8 Å². The van der Waals surface area contributed by atoms with Crippen LogP contribution in [0.2, 0.25) is 5.04 Å². The summed E-state index contributed by atoms with van der Waals surface area (Å²) in [5.74, 6) is 1.27. The number of ketones is 1. The molecule has 320 valence electrons. The number of carboxylic acid groups (broad SMARTS) is 1. The van der Waals surface area contributed by atoms with Crippen LogP contribution in [0, 0.1) is 51.2 Å². The topological polar surface area (TPSA) is 110 Å². The number of fused-ring (bicyclic) bond motifs is 5. The van der Waals surface area contributed by atoms with Crippen molar-refractivity contribution in [3.63, 3.8) is 0 Å². The first kappa shape index (κ1) is 44.7. The molecule has 2 N–H and O–H groups in total. The summed E-state index contributed by atoms with van der Waals surface area (Å²) in [6.45, 7) is 22.5. The smallest absolute Gasteiger partial charge is 0.314 e. The van der Waals surface area contributed by atoms with Crippen molar-refractivity contribution in [1.29, 1.82) is 0 Å². The largest absolute Gasteiger partial charge is 0.481 e. The Morgan fingerprint density at radius 3 is 1.93 bits per heavy atom. The van der Waals surface area contributed by atoms with Crippen molar-refractivity contribution in [2.75, 3.05) is 0 Å². The van der Waals surface area contributed by atoms with E-state index in [4.69, 9.17) is 14.3 Å². The number of aliphatic carboxylic acids is 1. The Hall–Kier alpha value is -2.81. The van der Waals surface area contributed by atoms with Crippen LogP contribution >= 0.6 is 0 Å². The number of carboxylic acids is 1. The van der Waals surface area contributed by atoms with Gasteiger partial charge in [-0.3, -0.25) is 14.4 Å². The summed E-state index contributed by atoms with van der Waals surface area (Å²) in [6.07, 6.45) is 8.68. The molecule has 0 aliphatic heterocycles. The number of hydrogen-bond donors (Lipinski definition) is 2. The molecule has 7 nitrogen and oxygen atoms in total. The molecule has 4 aliphatic rings. The highest BCUT2D eigenvalue weighted by atomic mass is 28.4. The summed E-state index contributed by atoms with van der Waals surface area (Å²) in [5, 5.41) is 22.2. The summed E-state index contributed by atoms with van der Waals surface area (Å²) in [6, 6.07) is 21.3. The number of esters is 1. The predicted molar refractivity (Wildman–Crippen MR) is 233 cm³/mol. The van der Waals surface area contributed by atoms with E-state index in [1.165, 1.54) is 42.5 Å². The van der Waals surface area contributed by atoms with Crippen LogP contribution in [-0.4, -0.2) is 54.6 Å². The van der Waals surface area contributed by atoms with Gasteiger partial charge in [0.05, 0.1) is 17.6 Å². The van der Waals surface area contributed by atoms with Gasteiger partial charge in [-0.15, -0.1) is 0 Å². The van der Waals surface area contributed by atoms with Gasteiger partial charge in [0.2, 0.25) is 0 Å². The zero-order chi connectivity index (χ0) is 42.5. The molecule has 0 bridgehead atoms. The summed E-state index contributed by atoms with van der Waals surface area (Å²) in [7, 11) is -2.87. The fraction of sp³-hybridized carbons (Fsp3) is 0.700. The monoisotopic (exact) mass is 815 g/mol. The van der Waals surface area contributed by atoms with Crippen molar-refractivity contribution >= 4 is 36.4 Å². The van der Waals surface area contributed by atoms with Crippen molar-refractivity contribution < 1.29 is 33.8 Å². The Labute approximate surface area is 350 Å². The molecule has 0 heterocycles. The lowest BCUT2D eigenvalue weighted by atomic mass is 9.44. The average molecular weight is 815 g/mol. The number of Topliss-reactive ketones (excluding diaryl/α,β-unsaturated/α-hetero) is 1. The summed E-state index contributed by atoms with van der Waals surface area (Å²) >= 11 is 0. The van der Waals surface area contributed by atoms with E-state index >= 15 is 0 Å². The lowest BCUT2D eigenvalue weighted by Crippen LogP contribution is -2.68. The van der Waals surface area contributed by atoms with Crippen molar-refractivity contribution in [2.24, 2.45) is 51.2 Å².